The molecule has 0 heterocycles. The lowest BCUT2D eigenvalue weighted by atomic mass is 9.89. The van der Waals surface area contributed by atoms with E-state index in [-0.39, 0.29) is 27.0 Å². The SMILES string of the molecule is COC(=O)C1(NC(=O)c2cc3ccccc3cc2NC(=O)Nc2c(Cl)cc(Cl)cc2Cl)CCCCCC1. The average molecular weight is 563 g/mol. The summed E-state index contributed by atoms with van der Waals surface area (Å²) < 4.78 is 5.08. The van der Waals surface area contributed by atoms with Crippen LogP contribution >= 0.6 is 34.8 Å². The number of halogens is 3. The van der Waals surface area contributed by atoms with Gasteiger partial charge in [0.1, 0.15) is 5.54 Å². The van der Waals surface area contributed by atoms with Gasteiger partial charge < -0.3 is 20.7 Å². The van der Waals surface area contributed by atoms with Crippen LogP contribution in [0.15, 0.2) is 48.5 Å². The van der Waals surface area contributed by atoms with Crippen LogP contribution in [0.25, 0.3) is 10.8 Å². The fraction of sp³-hybridized carbons (Fsp3) is 0.296. The van der Waals surface area contributed by atoms with Gasteiger partial charge in [-0.3, -0.25) is 4.79 Å². The summed E-state index contributed by atoms with van der Waals surface area (Å²) in [7, 11) is 1.32. The van der Waals surface area contributed by atoms with E-state index in [0.717, 1.165) is 36.5 Å². The van der Waals surface area contributed by atoms with Crippen molar-refractivity contribution < 1.29 is 19.1 Å². The molecule has 0 aromatic heterocycles. The molecule has 194 valence electrons. The first kappa shape index (κ1) is 27.0. The maximum absolute atomic E-state index is 13.7. The summed E-state index contributed by atoms with van der Waals surface area (Å²) in [6.07, 6.45) is 4.51. The van der Waals surface area contributed by atoms with E-state index in [9.17, 15) is 14.4 Å². The molecule has 0 aliphatic heterocycles. The summed E-state index contributed by atoms with van der Waals surface area (Å²) in [5, 5.41) is 10.6. The molecule has 3 N–H and O–H groups in total. The van der Waals surface area contributed by atoms with E-state index in [2.05, 4.69) is 16.0 Å². The molecule has 3 aromatic rings. The largest absolute Gasteiger partial charge is 0.467 e. The number of carbonyl (C=O) groups is 3. The smallest absolute Gasteiger partial charge is 0.331 e. The number of urea groups is 1. The maximum Gasteiger partial charge on any atom is 0.331 e. The molecule has 0 atom stereocenters. The summed E-state index contributed by atoms with van der Waals surface area (Å²) in [5.74, 6) is -0.960. The van der Waals surface area contributed by atoms with Crippen molar-refractivity contribution >= 4 is 74.9 Å². The van der Waals surface area contributed by atoms with Gasteiger partial charge in [-0.25, -0.2) is 9.59 Å². The van der Waals surface area contributed by atoms with Crippen LogP contribution in [0.1, 0.15) is 48.9 Å². The number of hydrogen-bond acceptors (Lipinski definition) is 4. The number of amides is 3. The standard InChI is InChI=1S/C27H26Cl3N3O4/c1-37-25(35)27(10-6-2-3-7-11-27)33-24(34)19-12-16-8-4-5-9-17(16)13-22(19)31-26(36)32-23-20(29)14-18(28)15-21(23)30/h4-5,8-9,12-15H,2-3,6-7,10-11H2,1H3,(H,33,34)(H2,31,32,36). The minimum Gasteiger partial charge on any atom is -0.467 e. The van der Waals surface area contributed by atoms with Crippen LogP contribution in [0, 0.1) is 0 Å². The summed E-state index contributed by atoms with van der Waals surface area (Å²) in [5.41, 5.74) is -0.490. The van der Waals surface area contributed by atoms with Crippen molar-refractivity contribution in [2.24, 2.45) is 0 Å². The normalized spacial score (nSPS) is 14.9. The van der Waals surface area contributed by atoms with E-state index in [0.29, 0.717) is 17.9 Å². The molecule has 4 rings (SSSR count). The lowest BCUT2D eigenvalue weighted by Gasteiger charge is -2.31. The number of rotatable bonds is 5. The Morgan fingerprint density at radius 2 is 1.43 bits per heavy atom. The van der Waals surface area contributed by atoms with E-state index in [1.165, 1.54) is 19.2 Å². The van der Waals surface area contributed by atoms with Crippen molar-refractivity contribution in [1.82, 2.24) is 5.32 Å². The van der Waals surface area contributed by atoms with Crippen molar-refractivity contribution in [3.05, 3.63) is 69.2 Å². The molecule has 0 radical (unpaired) electrons. The van der Waals surface area contributed by atoms with Gasteiger partial charge in [0, 0.05) is 5.02 Å². The molecule has 7 nitrogen and oxygen atoms in total. The fourth-order valence-corrected chi connectivity index (χ4v) is 5.56. The minimum atomic E-state index is -1.13. The molecule has 3 aromatic carbocycles. The van der Waals surface area contributed by atoms with Gasteiger partial charge in [-0.15, -0.1) is 0 Å². The number of nitrogens with one attached hydrogen (secondary N) is 3. The number of ether oxygens (including phenoxy) is 1. The Labute approximate surface area is 229 Å². The number of methoxy groups -OCH3 is 1. The molecule has 37 heavy (non-hydrogen) atoms. The minimum absolute atomic E-state index is 0.164. The highest BCUT2D eigenvalue weighted by Gasteiger charge is 2.41. The summed E-state index contributed by atoms with van der Waals surface area (Å²) in [4.78, 5) is 39.4. The zero-order chi connectivity index (χ0) is 26.6. The number of benzene rings is 3. The number of fused-ring (bicyclic) bond motifs is 1. The molecule has 10 heteroatoms. The Morgan fingerprint density at radius 1 is 0.838 bits per heavy atom. The Hall–Kier alpha value is -3.00. The Bertz CT molecular complexity index is 1330. The van der Waals surface area contributed by atoms with Crippen LogP contribution < -0.4 is 16.0 Å². The van der Waals surface area contributed by atoms with Gasteiger partial charge >= 0.3 is 12.0 Å². The van der Waals surface area contributed by atoms with Crippen molar-refractivity contribution in [3.8, 4) is 0 Å². The summed E-state index contributed by atoms with van der Waals surface area (Å²) in [6.45, 7) is 0. The first-order chi connectivity index (χ1) is 17.7. The third kappa shape index (κ3) is 6.12. The Kier molecular flexibility index (Phi) is 8.47. The quantitative estimate of drug-likeness (QED) is 0.222. The van der Waals surface area contributed by atoms with Gasteiger partial charge in [0.2, 0.25) is 0 Å². The Morgan fingerprint density at radius 3 is 2.03 bits per heavy atom. The van der Waals surface area contributed by atoms with E-state index in [1.54, 1.807) is 12.1 Å². The lowest BCUT2D eigenvalue weighted by molar-refractivity contribution is -0.148. The summed E-state index contributed by atoms with van der Waals surface area (Å²) in [6, 6.07) is 13.1. The molecule has 1 aliphatic carbocycles. The molecule has 1 saturated carbocycles. The number of anilines is 2. The number of esters is 1. The van der Waals surface area contributed by atoms with Crippen LogP contribution in [0.2, 0.25) is 15.1 Å². The molecule has 0 saturated heterocycles. The van der Waals surface area contributed by atoms with Crippen LogP contribution in [0.5, 0.6) is 0 Å². The van der Waals surface area contributed by atoms with Gasteiger partial charge in [-0.1, -0.05) is 84.8 Å². The third-order valence-electron chi connectivity index (χ3n) is 6.51. The van der Waals surface area contributed by atoms with Crippen molar-refractivity contribution in [2.75, 3.05) is 17.7 Å². The number of carbonyl (C=O) groups excluding carboxylic acids is 3. The summed E-state index contributed by atoms with van der Waals surface area (Å²) >= 11 is 18.4. The molecule has 0 bridgehead atoms. The van der Waals surface area contributed by atoms with Gasteiger partial charge in [0.15, 0.2) is 0 Å². The van der Waals surface area contributed by atoms with Crippen molar-refractivity contribution in [1.29, 1.82) is 0 Å². The second kappa shape index (κ2) is 11.6. The highest BCUT2D eigenvalue weighted by molar-refractivity contribution is 6.42. The van der Waals surface area contributed by atoms with E-state index in [1.807, 2.05) is 24.3 Å². The first-order valence-corrected chi connectivity index (χ1v) is 13.0. The van der Waals surface area contributed by atoms with Crippen LogP contribution in [-0.4, -0.2) is 30.6 Å². The first-order valence-electron chi connectivity index (χ1n) is 11.9. The van der Waals surface area contributed by atoms with Crippen molar-refractivity contribution in [3.63, 3.8) is 0 Å². The predicted molar refractivity (Wildman–Crippen MR) is 148 cm³/mol. The number of hydrogen-bond donors (Lipinski definition) is 3. The fourth-order valence-electron chi connectivity index (χ4n) is 4.65. The van der Waals surface area contributed by atoms with Gasteiger partial charge in [0.05, 0.1) is 34.1 Å². The Balaban J connectivity index is 1.67. The molecule has 0 unspecified atom stereocenters. The van der Waals surface area contributed by atoms with E-state index in [4.69, 9.17) is 39.5 Å². The molecule has 1 fully saturated rings. The van der Waals surface area contributed by atoms with Crippen molar-refractivity contribution in [2.45, 2.75) is 44.1 Å². The molecular weight excluding hydrogens is 537 g/mol. The second-order valence-electron chi connectivity index (χ2n) is 9.01. The predicted octanol–water partition coefficient (Wildman–Crippen LogP) is 7.44. The zero-order valence-electron chi connectivity index (χ0n) is 20.1. The highest BCUT2D eigenvalue weighted by Crippen LogP contribution is 2.34. The zero-order valence-corrected chi connectivity index (χ0v) is 22.4. The van der Waals surface area contributed by atoms with Gasteiger partial charge in [0.25, 0.3) is 5.91 Å². The van der Waals surface area contributed by atoms with Crippen LogP contribution in [0.4, 0.5) is 16.2 Å². The van der Waals surface area contributed by atoms with E-state index < -0.39 is 23.4 Å². The molecular formula is C27H26Cl3N3O4. The average Bonchev–Trinajstić information content (AvgIpc) is 3.11. The van der Waals surface area contributed by atoms with Gasteiger partial charge in [-0.2, -0.15) is 0 Å². The van der Waals surface area contributed by atoms with Crippen LogP contribution in [-0.2, 0) is 9.53 Å². The highest BCUT2D eigenvalue weighted by atomic mass is 35.5. The van der Waals surface area contributed by atoms with Gasteiger partial charge in [-0.05, 0) is 47.9 Å². The second-order valence-corrected chi connectivity index (χ2v) is 10.3. The van der Waals surface area contributed by atoms with E-state index >= 15 is 0 Å². The molecule has 3 amide bonds. The topological polar surface area (TPSA) is 96.5 Å². The monoisotopic (exact) mass is 561 g/mol. The molecule has 0 spiro atoms. The third-order valence-corrected chi connectivity index (χ3v) is 7.32. The maximum atomic E-state index is 13.7. The molecule has 1 aliphatic rings. The van der Waals surface area contributed by atoms with Crippen LogP contribution in [0.3, 0.4) is 0 Å². The lowest BCUT2D eigenvalue weighted by Crippen LogP contribution is -2.54.